The Balaban J connectivity index is 3.03. The fourth-order valence-electron chi connectivity index (χ4n) is 0.922. The average molecular weight is 308 g/mol. The summed E-state index contributed by atoms with van der Waals surface area (Å²) in [7, 11) is 0. The molecule has 0 saturated carbocycles. The van der Waals surface area contributed by atoms with E-state index in [-0.39, 0.29) is 16.4 Å². The number of phenolic OH excluding ortho intramolecular Hbond substituents is 1. The summed E-state index contributed by atoms with van der Waals surface area (Å²) in [6.07, 6.45) is 0. The first-order chi connectivity index (χ1) is 6.02. The summed E-state index contributed by atoms with van der Waals surface area (Å²) < 4.78 is 0.625. The maximum atomic E-state index is 11.0. The fraction of sp³-hybridized carbons (Fsp3) is 0.222. The summed E-state index contributed by atoms with van der Waals surface area (Å²) in [5, 5.41) is 9.35. The van der Waals surface area contributed by atoms with Crippen molar-refractivity contribution in [2.45, 2.75) is 11.8 Å². The topological polar surface area (TPSA) is 37.3 Å². The lowest BCUT2D eigenvalue weighted by Crippen LogP contribution is -2.00. The third-order valence-electron chi connectivity index (χ3n) is 1.62. The van der Waals surface area contributed by atoms with E-state index in [0.717, 1.165) is 5.56 Å². The Morgan fingerprint density at radius 3 is 2.62 bits per heavy atom. The van der Waals surface area contributed by atoms with Gasteiger partial charge in [0.15, 0.2) is 0 Å². The van der Waals surface area contributed by atoms with E-state index >= 15 is 0 Å². The number of aromatic hydroxyl groups is 1. The molecule has 0 fully saturated rings. The third-order valence-corrected chi connectivity index (χ3v) is 3.46. The zero-order valence-electron chi connectivity index (χ0n) is 6.92. The van der Waals surface area contributed by atoms with E-state index in [4.69, 9.17) is 0 Å². The lowest BCUT2D eigenvalue weighted by Gasteiger charge is -2.06. The maximum absolute atomic E-state index is 11.0. The summed E-state index contributed by atoms with van der Waals surface area (Å²) in [4.78, 5) is 10.7. The van der Waals surface area contributed by atoms with Gasteiger partial charge in [0.2, 0.25) is 0 Å². The summed E-state index contributed by atoms with van der Waals surface area (Å²) in [5.41, 5.74) is 0.758. The van der Waals surface area contributed by atoms with Gasteiger partial charge in [-0.2, -0.15) is 0 Å². The largest absolute Gasteiger partial charge is 0.507 e. The lowest BCUT2D eigenvalue weighted by molar-refractivity contribution is -0.116. The molecule has 0 radical (unpaired) electrons. The molecule has 1 atom stereocenters. The van der Waals surface area contributed by atoms with E-state index in [1.54, 1.807) is 18.2 Å². The number of carbonyl (C=O) groups excluding carboxylic acids is 1. The molecule has 0 heterocycles. The average Bonchev–Trinajstić information content (AvgIpc) is 2.08. The van der Waals surface area contributed by atoms with E-state index in [1.807, 2.05) is 0 Å². The normalized spacial score (nSPS) is 12.5. The number of ketones is 1. The molecule has 1 aromatic rings. The molecule has 0 aliphatic heterocycles. The van der Waals surface area contributed by atoms with Gasteiger partial charge in [0.25, 0.3) is 0 Å². The first-order valence-electron chi connectivity index (χ1n) is 3.65. The van der Waals surface area contributed by atoms with Crippen LogP contribution in [0.25, 0.3) is 0 Å². The second kappa shape index (κ2) is 4.24. The molecule has 0 bridgehead atoms. The highest BCUT2D eigenvalue weighted by atomic mass is 79.9. The molecule has 0 aliphatic carbocycles. The number of Topliss-reactive ketones (excluding diaryl/α,β-unsaturated/α-hetero) is 1. The van der Waals surface area contributed by atoms with Crippen LogP contribution in [0.1, 0.15) is 17.3 Å². The van der Waals surface area contributed by atoms with Crippen molar-refractivity contribution in [3.8, 4) is 5.75 Å². The van der Waals surface area contributed by atoms with Crippen LogP contribution in [0.4, 0.5) is 0 Å². The van der Waals surface area contributed by atoms with Crippen molar-refractivity contribution in [1.82, 2.24) is 0 Å². The smallest absolute Gasteiger partial charge is 0.147 e. The minimum Gasteiger partial charge on any atom is -0.507 e. The van der Waals surface area contributed by atoms with Gasteiger partial charge in [-0.25, -0.2) is 0 Å². The number of alkyl halides is 1. The van der Waals surface area contributed by atoms with Gasteiger partial charge in [0.1, 0.15) is 11.5 Å². The van der Waals surface area contributed by atoms with Gasteiger partial charge in [-0.1, -0.05) is 22.0 Å². The number of hydrogen-bond donors (Lipinski definition) is 1. The Morgan fingerprint density at radius 2 is 2.15 bits per heavy atom. The third kappa shape index (κ3) is 2.54. The number of benzene rings is 1. The van der Waals surface area contributed by atoms with Crippen LogP contribution >= 0.6 is 31.9 Å². The van der Waals surface area contributed by atoms with Crippen molar-refractivity contribution in [1.29, 1.82) is 0 Å². The Labute approximate surface area is 93.2 Å². The molecule has 4 heteroatoms. The molecular weight excluding hydrogens is 300 g/mol. The summed E-state index contributed by atoms with van der Waals surface area (Å²) >= 11 is 6.40. The summed E-state index contributed by atoms with van der Waals surface area (Å²) in [6, 6.07) is 5.05. The molecule has 1 N–H and O–H groups in total. The minimum absolute atomic E-state index is 0.0155. The Hall–Kier alpha value is -0.350. The van der Waals surface area contributed by atoms with Gasteiger partial charge in [-0.15, -0.1) is 0 Å². The first-order valence-corrected chi connectivity index (χ1v) is 5.36. The molecule has 0 spiro atoms. The van der Waals surface area contributed by atoms with Gasteiger partial charge in [0, 0.05) is 0 Å². The molecule has 0 amide bonds. The van der Waals surface area contributed by atoms with Crippen LogP contribution in [-0.4, -0.2) is 10.9 Å². The molecule has 1 unspecified atom stereocenters. The predicted octanol–water partition coefficient (Wildman–Crippen LogP) is 3.18. The summed E-state index contributed by atoms with van der Waals surface area (Å²) in [6.45, 7) is 1.50. The van der Waals surface area contributed by atoms with Gasteiger partial charge in [-0.3, -0.25) is 4.79 Å². The van der Waals surface area contributed by atoms with Crippen molar-refractivity contribution in [2.75, 3.05) is 0 Å². The zero-order valence-corrected chi connectivity index (χ0v) is 10.1. The van der Waals surface area contributed by atoms with Gasteiger partial charge >= 0.3 is 0 Å². The predicted molar refractivity (Wildman–Crippen MR) is 58.2 cm³/mol. The van der Waals surface area contributed by atoms with E-state index < -0.39 is 0 Å². The van der Waals surface area contributed by atoms with E-state index in [0.29, 0.717) is 4.47 Å². The van der Waals surface area contributed by atoms with Crippen LogP contribution in [0, 0.1) is 0 Å². The van der Waals surface area contributed by atoms with Crippen molar-refractivity contribution in [2.24, 2.45) is 0 Å². The van der Waals surface area contributed by atoms with Crippen LogP contribution in [0.15, 0.2) is 22.7 Å². The van der Waals surface area contributed by atoms with Crippen molar-refractivity contribution in [3.63, 3.8) is 0 Å². The van der Waals surface area contributed by atoms with Crippen LogP contribution in [0.2, 0.25) is 0 Å². The zero-order chi connectivity index (χ0) is 10.0. The highest BCUT2D eigenvalue weighted by Crippen LogP contribution is 2.30. The molecule has 1 aromatic carbocycles. The summed E-state index contributed by atoms with van der Waals surface area (Å²) in [5.74, 6) is 0.157. The standard InChI is InChI=1S/C9H8Br2O2/c1-5(12)9(11)6-2-3-7(10)8(13)4-6/h2-4,9,13H,1H3. The van der Waals surface area contributed by atoms with Crippen molar-refractivity contribution >= 4 is 37.6 Å². The molecule has 2 nitrogen and oxygen atoms in total. The van der Waals surface area contributed by atoms with E-state index in [9.17, 15) is 9.90 Å². The molecule has 0 saturated heterocycles. The van der Waals surface area contributed by atoms with Gasteiger partial charge in [-0.05, 0) is 40.5 Å². The quantitative estimate of drug-likeness (QED) is 0.852. The molecular formula is C9H8Br2O2. The Bertz CT molecular complexity index is 336. The highest BCUT2D eigenvalue weighted by Gasteiger charge is 2.13. The monoisotopic (exact) mass is 306 g/mol. The van der Waals surface area contributed by atoms with Crippen LogP contribution in [-0.2, 0) is 4.79 Å². The number of carbonyl (C=O) groups is 1. The Morgan fingerprint density at radius 1 is 1.54 bits per heavy atom. The van der Waals surface area contributed by atoms with Gasteiger partial charge < -0.3 is 5.11 Å². The number of phenols is 1. The number of hydrogen-bond acceptors (Lipinski definition) is 2. The van der Waals surface area contributed by atoms with Crippen LogP contribution < -0.4 is 0 Å². The maximum Gasteiger partial charge on any atom is 0.147 e. The highest BCUT2D eigenvalue weighted by molar-refractivity contribution is 9.10. The van der Waals surface area contributed by atoms with Crippen LogP contribution in [0.3, 0.4) is 0 Å². The molecule has 13 heavy (non-hydrogen) atoms. The second-order valence-electron chi connectivity index (χ2n) is 2.68. The van der Waals surface area contributed by atoms with Crippen LogP contribution in [0.5, 0.6) is 5.75 Å². The molecule has 0 aromatic heterocycles. The molecule has 70 valence electrons. The van der Waals surface area contributed by atoms with Crippen molar-refractivity contribution < 1.29 is 9.90 Å². The molecule has 0 aliphatic rings. The minimum atomic E-state index is -0.341. The fourth-order valence-corrected chi connectivity index (χ4v) is 1.45. The van der Waals surface area contributed by atoms with Crippen molar-refractivity contribution in [3.05, 3.63) is 28.2 Å². The van der Waals surface area contributed by atoms with E-state index in [1.165, 1.54) is 6.92 Å². The number of rotatable bonds is 2. The first kappa shape index (κ1) is 10.7. The Kier molecular flexibility index (Phi) is 3.50. The lowest BCUT2D eigenvalue weighted by atomic mass is 10.1. The molecule has 1 rings (SSSR count). The van der Waals surface area contributed by atoms with Gasteiger partial charge in [0.05, 0.1) is 9.30 Å². The number of halogens is 2. The SMILES string of the molecule is CC(=O)C(Br)c1ccc(Br)c(O)c1. The van der Waals surface area contributed by atoms with E-state index in [2.05, 4.69) is 31.9 Å². The second-order valence-corrected chi connectivity index (χ2v) is 4.45.